The minimum Gasteiger partial charge on any atom is -0.479 e. The van der Waals surface area contributed by atoms with Crippen molar-refractivity contribution in [1.29, 1.82) is 0 Å². The van der Waals surface area contributed by atoms with Crippen molar-refractivity contribution < 1.29 is 28.6 Å². The molecule has 1 unspecified atom stereocenters. The van der Waals surface area contributed by atoms with Gasteiger partial charge in [0.2, 0.25) is 0 Å². The Hall–Kier alpha value is -2.59. The SMILES string of the molecule is Cc1nc(NC(=O)NCC(C)(O)C(=O)O)sc1Cc1c(F)cccc1F. The van der Waals surface area contributed by atoms with Gasteiger partial charge in [-0.1, -0.05) is 6.07 Å². The number of aliphatic carboxylic acids is 1. The number of aliphatic hydroxyl groups is 1. The molecule has 1 heterocycles. The highest BCUT2D eigenvalue weighted by molar-refractivity contribution is 7.15. The van der Waals surface area contributed by atoms with Gasteiger partial charge in [-0.25, -0.2) is 23.4 Å². The normalized spacial score (nSPS) is 13.1. The van der Waals surface area contributed by atoms with Gasteiger partial charge < -0.3 is 15.5 Å². The third-order valence-electron chi connectivity index (χ3n) is 3.57. The highest BCUT2D eigenvalue weighted by atomic mass is 32.1. The van der Waals surface area contributed by atoms with Crippen LogP contribution < -0.4 is 10.6 Å². The second-order valence-electron chi connectivity index (χ2n) is 5.79. The van der Waals surface area contributed by atoms with Crippen molar-refractivity contribution in [2.75, 3.05) is 11.9 Å². The number of aromatic nitrogens is 1. The van der Waals surface area contributed by atoms with E-state index in [4.69, 9.17) is 5.11 Å². The Labute approximate surface area is 151 Å². The van der Waals surface area contributed by atoms with Gasteiger partial charge in [0.1, 0.15) is 11.6 Å². The molecule has 0 aliphatic rings. The van der Waals surface area contributed by atoms with Gasteiger partial charge in [-0.15, -0.1) is 11.3 Å². The van der Waals surface area contributed by atoms with E-state index < -0.39 is 35.8 Å². The zero-order valence-electron chi connectivity index (χ0n) is 14.0. The second-order valence-corrected chi connectivity index (χ2v) is 6.87. The lowest BCUT2D eigenvalue weighted by molar-refractivity contribution is -0.155. The van der Waals surface area contributed by atoms with Crippen LogP contribution in [0.2, 0.25) is 0 Å². The summed E-state index contributed by atoms with van der Waals surface area (Å²) in [6.45, 7) is 2.18. The van der Waals surface area contributed by atoms with Crippen LogP contribution in [-0.2, 0) is 11.2 Å². The summed E-state index contributed by atoms with van der Waals surface area (Å²) in [4.78, 5) is 27.2. The van der Waals surface area contributed by atoms with Crippen LogP contribution in [0.3, 0.4) is 0 Å². The van der Waals surface area contributed by atoms with Gasteiger partial charge in [-0.05, 0) is 26.0 Å². The minimum absolute atomic E-state index is 0.0149. The number of nitrogens with zero attached hydrogens (tertiary/aromatic N) is 1. The molecular weight excluding hydrogens is 368 g/mol. The number of carboxylic acid groups (broad SMARTS) is 1. The third kappa shape index (κ3) is 4.73. The average Bonchev–Trinajstić information content (AvgIpc) is 2.88. The number of benzene rings is 1. The van der Waals surface area contributed by atoms with Gasteiger partial charge in [-0.3, -0.25) is 5.32 Å². The van der Waals surface area contributed by atoms with Gasteiger partial charge in [0, 0.05) is 16.9 Å². The van der Waals surface area contributed by atoms with Crippen molar-refractivity contribution in [3.05, 3.63) is 46.0 Å². The second kappa shape index (κ2) is 7.75. The maximum atomic E-state index is 13.8. The minimum atomic E-state index is -2.11. The van der Waals surface area contributed by atoms with Gasteiger partial charge in [0.25, 0.3) is 0 Å². The largest absolute Gasteiger partial charge is 0.479 e. The van der Waals surface area contributed by atoms with Crippen LogP contribution in [-0.4, -0.2) is 39.3 Å². The average molecular weight is 385 g/mol. The summed E-state index contributed by atoms with van der Waals surface area (Å²) in [6.07, 6.45) is -0.0149. The molecule has 0 aliphatic carbocycles. The molecule has 0 saturated heterocycles. The fourth-order valence-corrected chi connectivity index (χ4v) is 2.95. The molecule has 1 atom stereocenters. The molecular formula is C16H17F2N3O4S. The molecule has 7 nitrogen and oxygen atoms in total. The first-order valence-corrected chi connectivity index (χ1v) is 8.31. The Kier molecular flexibility index (Phi) is 5.88. The summed E-state index contributed by atoms with van der Waals surface area (Å²) >= 11 is 1.04. The number of amides is 2. The van der Waals surface area contributed by atoms with Crippen LogP contribution in [0.15, 0.2) is 18.2 Å². The lowest BCUT2D eigenvalue weighted by Gasteiger charge is -2.18. The Morgan fingerprint density at radius 3 is 2.50 bits per heavy atom. The zero-order valence-corrected chi connectivity index (χ0v) is 14.8. The number of thiazole rings is 1. The fraction of sp³-hybridized carbons (Fsp3) is 0.312. The first-order valence-electron chi connectivity index (χ1n) is 7.50. The first kappa shape index (κ1) is 19.7. The molecule has 10 heteroatoms. The van der Waals surface area contributed by atoms with Crippen LogP contribution in [0.1, 0.15) is 23.1 Å². The fourth-order valence-electron chi connectivity index (χ4n) is 1.98. The molecule has 0 bridgehead atoms. The summed E-state index contributed by atoms with van der Waals surface area (Å²) in [5, 5.41) is 23.1. The van der Waals surface area contributed by atoms with E-state index in [-0.39, 0.29) is 17.1 Å². The number of anilines is 1. The lowest BCUT2D eigenvalue weighted by Crippen LogP contribution is -2.47. The Morgan fingerprint density at radius 1 is 1.31 bits per heavy atom. The molecule has 0 saturated carbocycles. The van der Waals surface area contributed by atoms with E-state index in [0.717, 1.165) is 30.4 Å². The molecule has 2 rings (SSSR count). The first-order chi connectivity index (χ1) is 12.1. The van der Waals surface area contributed by atoms with Crippen LogP contribution in [0.25, 0.3) is 0 Å². The summed E-state index contributed by atoms with van der Waals surface area (Å²) < 4.78 is 27.5. The molecule has 1 aromatic heterocycles. The maximum Gasteiger partial charge on any atom is 0.337 e. The number of hydrogen-bond donors (Lipinski definition) is 4. The van der Waals surface area contributed by atoms with Gasteiger partial charge in [0.05, 0.1) is 12.2 Å². The number of rotatable bonds is 6. The monoisotopic (exact) mass is 385 g/mol. The number of urea groups is 1. The molecule has 140 valence electrons. The smallest absolute Gasteiger partial charge is 0.337 e. The van der Waals surface area contributed by atoms with E-state index in [1.165, 1.54) is 6.07 Å². The number of hydrogen-bond acceptors (Lipinski definition) is 5. The van der Waals surface area contributed by atoms with E-state index >= 15 is 0 Å². The van der Waals surface area contributed by atoms with Crippen LogP contribution >= 0.6 is 11.3 Å². The van der Waals surface area contributed by atoms with Crippen LogP contribution in [0, 0.1) is 18.6 Å². The number of carbonyl (C=O) groups is 2. The predicted octanol–water partition coefficient (Wildman–Crippen LogP) is 2.28. The summed E-state index contributed by atoms with van der Waals surface area (Å²) in [7, 11) is 0. The maximum absolute atomic E-state index is 13.8. The van der Waals surface area contributed by atoms with Crippen molar-refractivity contribution in [3.8, 4) is 0 Å². The number of carbonyl (C=O) groups excluding carboxylic acids is 1. The molecule has 0 aliphatic heterocycles. The number of aryl methyl sites for hydroxylation is 1. The molecule has 2 aromatic rings. The molecule has 0 radical (unpaired) electrons. The molecule has 1 aromatic carbocycles. The van der Waals surface area contributed by atoms with Crippen LogP contribution in [0.4, 0.5) is 18.7 Å². The third-order valence-corrected chi connectivity index (χ3v) is 4.64. The van der Waals surface area contributed by atoms with Crippen molar-refractivity contribution in [2.24, 2.45) is 0 Å². The highest BCUT2D eigenvalue weighted by Crippen LogP contribution is 2.27. The van der Waals surface area contributed by atoms with E-state index in [1.54, 1.807) is 6.92 Å². The Morgan fingerprint density at radius 2 is 1.92 bits per heavy atom. The molecule has 26 heavy (non-hydrogen) atoms. The summed E-state index contributed by atoms with van der Waals surface area (Å²) in [5.74, 6) is -2.81. The number of nitrogens with one attached hydrogen (secondary N) is 2. The van der Waals surface area contributed by atoms with Gasteiger partial charge >= 0.3 is 12.0 Å². The summed E-state index contributed by atoms with van der Waals surface area (Å²) in [6, 6.07) is 2.84. The van der Waals surface area contributed by atoms with E-state index in [9.17, 15) is 23.5 Å². The van der Waals surface area contributed by atoms with Crippen molar-refractivity contribution in [1.82, 2.24) is 10.3 Å². The number of carboxylic acids is 1. The lowest BCUT2D eigenvalue weighted by atomic mass is 10.1. The molecule has 2 amide bonds. The quantitative estimate of drug-likeness (QED) is 0.610. The predicted molar refractivity (Wildman–Crippen MR) is 91.3 cm³/mol. The van der Waals surface area contributed by atoms with Crippen LogP contribution in [0.5, 0.6) is 0 Å². The van der Waals surface area contributed by atoms with Gasteiger partial charge in [-0.2, -0.15) is 0 Å². The standard InChI is InChI=1S/C16H17F2N3O4S/c1-8-12(6-9-10(17)4-3-5-11(9)18)26-15(20-8)21-14(24)19-7-16(2,25)13(22)23/h3-5,25H,6-7H2,1-2H3,(H,22,23)(H2,19,20,21,24). The van der Waals surface area contributed by atoms with E-state index in [2.05, 4.69) is 15.6 Å². The molecule has 0 spiro atoms. The molecule has 4 N–H and O–H groups in total. The zero-order chi connectivity index (χ0) is 19.5. The Balaban J connectivity index is 2.04. The van der Waals surface area contributed by atoms with Crippen molar-refractivity contribution in [2.45, 2.75) is 25.9 Å². The highest BCUT2D eigenvalue weighted by Gasteiger charge is 2.30. The summed E-state index contributed by atoms with van der Waals surface area (Å²) in [5.41, 5.74) is -1.69. The van der Waals surface area contributed by atoms with Crippen molar-refractivity contribution in [3.63, 3.8) is 0 Å². The van der Waals surface area contributed by atoms with Crippen molar-refractivity contribution >= 4 is 28.5 Å². The molecule has 0 fully saturated rings. The van der Waals surface area contributed by atoms with E-state index in [1.807, 2.05) is 0 Å². The van der Waals surface area contributed by atoms with E-state index in [0.29, 0.717) is 10.6 Å². The number of halogens is 2. The Bertz CT molecular complexity index is 819. The topological polar surface area (TPSA) is 112 Å². The van der Waals surface area contributed by atoms with Gasteiger partial charge in [0.15, 0.2) is 10.7 Å².